The van der Waals surface area contributed by atoms with Crippen LogP contribution in [-0.2, 0) is 9.84 Å². The Morgan fingerprint density at radius 3 is 2.53 bits per heavy atom. The van der Waals surface area contributed by atoms with Crippen molar-refractivity contribution >= 4 is 47.4 Å². The van der Waals surface area contributed by atoms with Crippen molar-refractivity contribution in [3.05, 3.63) is 39.9 Å². The van der Waals surface area contributed by atoms with E-state index in [4.69, 9.17) is 0 Å². The molecule has 0 saturated carbocycles. The van der Waals surface area contributed by atoms with Crippen molar-refractivity contribution in [1.29, 1.82) is 0 Å². The predicted molar refractivity (Wildman–Crippen MR) is 78.1 cm³/mol. The average Bonchev–Trinajstić information content (AvgIpc) is 2.37. The molecule has 0 aliphatic heterocycles. The fraction of sp³-hybridized carbons (Fsp3) is 0.400. The quantitative estimate of drug-likeness (QED) is 0.451. The van der Waals surface area contributed by atoms with Gasteiger partial charge < -0.3 is 5.11 Å². The van der Waals surface area contributed by atoms with Crippen LogP contribution in [0.4, 0.5) is 5.69 Å². The van der Waals surface area contributed by atoms with Crippen LogP contribution in [0.1, 0.15) is 18.6 Å². The molecule has 1 atom stereocenters. The van der Waals surface area contributed by atoms with Gasteiger partial charge in [0.1, 0.15) is 6.10 Å². The first-order chi connectivity index (χ1) is 8.63. The smallest absolute Gasteiger partial charge is 0.269 e. The maximum Gasteiger partial charge on any atom is 0.269 e. The molecule has 0 aliphatic carbocycles. The highest BCUT2D eigenvalue weighted by Crippen LogP contribution is 2.45. The van der Waals surface area contributed by atoms with Crippen LogP contribution in [0.5, 0.6) is 0 Å². The molecule has 0 aliphatic rings. The number of alkyl halides is 2. The minimum absolute atomic E-state index is 0.125. The normalized spacial score (nSPS) is 14.1. The number of hydrogen-bond donors (Lipinski definition) is 1. The summed E-state index contributed by atoms with van der Waals surface area (Å²) in [6.45, 7) is 1.44. The zero-order valence-electron chi connectivity index (χ0n) is 9.79. The predicted octanol–water partition coefficient (Wildman–Crippen LogP) is 2.51. The van der Waals surface area contributed by atoms with Gasteiger partial charge in [-0.05, 0) is 5.56 Å². The third kappa shape index (κ3) is 3.33. The summed E-state index contributed by atoms with van der Waals surface area (Å²) in [5.41, 5.74) is -0.0961. The molecule has 19 heavy (non-hydrogen) atoms. The number of hydrogen-bond acceptors (Lipinski definition) is 5. The molecule has 0 radical (unpaired) electrons. The van der Waals surface area contributed by atoms with Gasteiger partial charge in [0.15, 0.2) is 9.84 Å². The highest BCUT2D eigenvalue weighted by molar-refractivity contribution is 9.28. The number of non-ortho nitro benzene ring substituents is 1. The molecule has 0 aromatic heterocycles. The van der Waals surface area contributed by atoms with Crippen molar-refractivity contribution in [1.82, 2.24) is 0 Å². The molecule has 106 valence electrons. The molecular weight excluding hydrogens is 406 g/mol. The molecule has 0 amide bonds. The van der Waals surface area contributed by atoms with Gasteiger partial charge >= 0.3 is 0 Å². The van der Waals surface area contributed by atoms with Crippen LogP contribution in [0.15, 0.2) is 24.3 Å². The van der Waals surface area contributed by atoms with Gasteiger partial charge in [-0.15, -0.1) is 0 Å². The lowest BCUT2D eigenvalue weighted by molar-refractivity contribution is -0.385. The first kappa shape index (κ1) is 16.5. The molecule has 6 nitrogen and oxygen atoms in total. The Hall–Kier alpha value is -0.510. The fourth-order valence-electron chi connectivity index (χ4n) is 1.36. The second-order valence-electron chi connectivity index (χ2n) is 3.72. The van der Waals surface area contributed by atoms with E-state index >= 15 is 0 Å². The van der Waals surface area contributed by atoms with Crippen molar-refractivity contribution in [2.75, 3.05) is 5.75 Å². The van der Waals surface area contributed by atoms with E-state index in [1.807, 2.05) is 0 Å². The van der Waals surface area contributed by atoms with Gasteiger partial charge in [-0.2, -0.15) is 0 Å². The number of aliphatic hydroxyl groups excluding tert-OH is 1. The van der Waals surface area contributed by atoms with Crippen LogP contribution in [-0.4, -0.2) is 26.8 Å². The molecule has 0 saturated heterocycles. The summed E-state index contributed by atoms with van der Waals surface area (Å²) >= 11 is 5.87. The third-order valence-electron chi connectivity index (χ3n) is 2.51. The second kappa shape index (κ2) is 5.86. The molecule has 0 bridgehead atoms. The van der Waals surface area contributed by atoms with Gasteiger partial charge in [0, 0.05) is 17.9 Å². The molecule has 1 aromatic rings. The van der Waals surface area contributed by atoms with Crippen LogP contribution in [0.2, 0.25) is 0 Å². The molecule has 1 rings (SSSR count). The number of benzene rings is 1. The Morgan fingerprint density at radius 2 is 2.05 bits per heavy atom. The van der Waals surface area contributed by atoms with Gasteiger partial charge in [0.2, 0.25) is 2.57 Å². The van der Waals surface area contributed by atoms with E-state index in [0.717, 1.165) is 6.07 Å². The lowest BCUT2D eigenvalue weighted by atomic mass is 10.1. The molecular formula is C10H11Br2NO5S. The summed E-state index contributed by atoms with van der Waals surface area (Å²) in [6, 6.07) is 5.19. The van der Waals surface area contributed by atoms with E-state index in [1.54, 1.807) is 0 Å². The number of sulfone groups is 1. The topological polar surface area (TPSA) is 97.5 Å². The molecule has 0 spiro atoms. The molecule has 1 N–H and O–H groups in total. The Balaban J connectivity index is 3.24. The number of halogens is 2. The van der Waals surface area contributed by atoms with Crippen LogP contribution in [0.3, 0.4) is 0 Å². The first-order valence-electron chi connectivity index (χ1n) is 5.16. The number of nitro groups is 1. The second-order valence-corrected chi connectivity index (χ2v) is 10.8. The van der Waals surface area contributed by atoms with E-state index in [-0.39, 0.29) is 17.0 Å². The van der Waals surface area contributed by atoms with Crippen molar-refractivity contribution in [2.24, 2.45) is 0 Å². The molecule has 0 unspecified atom stereocenters. The van der Waals surface area contributed by atoms with Crippen LogP contribution in [0.25, 0.3) is 0 Å². The van der Waals surface area contributed by atoms with Gasteiger partial charge in [-0.3, -0.25) is 10.1 Å². The largest absolute Gasteiger partial charge is 0.385 e. The van der Waals surface area contributed by atoms with Crippen molar-refractivity contribution in [3.8, 4) is 0 Å². The minimum Gasteiger partial charge on any atom is -0.385 e. The summed E-state index contributed by atoms with van der Waals surface area (Å²) in [7, 11) is -3.66. The number of aliphatic hydroxyl groups is 1. The summed E-state index contributed by atoms with van der Waals surface area (Å²) in [5, 5.41) is 20.8. The van der Waals surface area contributed by atoms with E-state index < -0.39 is 23.4 Å². The van der Waals surface area contributed by atoms with E-state index in [2.05, 4.69) is 31.9 Å². The Kier molecular flexibility index (Phi) is 5.10. The van der Waals surface area contributed by atoms with Gasteiger partial charge in [-0.25, -0.2) is 8.42 Å². The average molecular weight is 417 g/mol. The summed E-state index contributed by atoms with van der Waals surface area (Å²) < 4.78 is 22.0. The third-order valence-corrected chi connectivity index (χ3v) is 8.15. The SMILES string of the molecule is CCS(=O)(=O)C(Br)(Br)[C@H](O)c1cccc([N+](=O)[O-])c1. The number of nitrogens with zero attached hydrogens (tertiary/aromatic N) is 1. The highest BCUT2D eigenvalue weighted by atomic mass is 79.9. The first-order valence-corrected chi connectivity index (χ1v) is 8.40. The van der Waals surface area contributed by atoms with Crippen LogP contribution in [0, 0.1) is 10.1 Å². The van der Waals surface area contributed by atoms with E-state index in [9.17, 15) is 23.6 Å². The minimum atomic E-state index is -3.66. The Labute approximate surface area is 127 Å². The monoisotopic (exact) mass is 415 g/mol. The highest BCUT2D eigenvalue weighted by Gasteiger charge is 2.45. The maximum atomic E-state index is 11.9. The standard InChI is InChI=1S/C10H11Br2NO5S/c1-2-19(17,18)10(11,12)9(14)7-4-3-5-8(6-7)13(15)16/h3-6,9,14H,2H2,1H3/t9-/m1/s1. The fourth-order valence-corrected chi connectivity index (χ4v) is 4.13. The van der Waals surface area contributed by atoms with Crippen LogP contribution >= 0.6 is 31.9 Å². The van der Waals surface area contributed by atoms with Gasteiger partial charge in [-0.1, -0.05) is 50.9 Å². The summed E-state index contributed by atoms with van der Waals surface area (Å²) in [6.07, 6.45) is -1.49. The lowest BCUT2D eigenvalue weighted by Crippen LogP contribution is -2.33. The zero-order chi connectivity index (χ0) is 14.8. The molecule has 0 heterocycles. The molecule has 0 fully saturated rings. The van der Waals surface area contributed by atoms with Crippen molar-refractivity contribution < 1.29 is 18.4 Å². The van der Waals surface area contributed by atoms with Crippen LogP contribution < -0.4 is 0 Å². The number of nitro benzene ring substituents is 1. The Bertz CT molecular complexity index is 587. The summed E-state index contributed by atoms with van der Waals surface area (Å²) in [5.74, 6) is -0.199. The maximum absolute atomic E-state index is 11.9. The van der Waals surface area contributed by atoms with Gasteiger partial charge in [0.05, 0.1) is 4.92 Å². The lowest BCUT2D eigenvalue weighted by Gasteiger charge is -2.26. The number of rotatable bonds is 5. The molecule has 1 aromatic carbocycles. The van der Waals surface area contributed by atoms with Crippen molar-refractivity contribution in [3.63, 3.8) is 0 Å². The van der Waals surface area contributed by atoms with Crippen molar-refractivity contribution in [2.45, 2.75) is 15.6 Å². The molecule has 9 heteroatoms. The zero-order valence-corrected chi connectivity index (χ0v) is 13.8. The van der Waals surface area contributed by atoms with E-state index in [1.165, 1.54) is 25.1 Å². The van der Waals surface area contributed by atoms with E-state index in [0.29, 0.717) is 0 Å². The van der Waals surface area contributed by atoms with Gasteiger partial charge in [0.25, 0.3) is 5.69 Å². The Morgan fingerprint density at radius 1 is 1.47 bits per heavy atom. The summed E-state index contributed by atoms with van der Waals surface area (Å²) in [4.78, 5) is 10.0.